The third-order valence-electron chi connectivity index (χ3n) is 3.69. The standard InChI is InChI=1S/C16H18N4O/c1-2-16(21)17-14-7-8-15(19-18-14)20-10-9-12-5-3-4-6-13(12)11-20/h3-8H,2,9-11H2,1H3,(H,17,18,21). The fraction of sp³-hybridized carbons (Fsp3) is 0.312. The molecule has 21 heavy (non-hydrogen) atoms. The fourth-order valence-electron chi connectivity index (χ4n) is 2.48. The molecule has 0 unspecified atom stereocenters. The van der Waals surface area contributed by atoms with Gasteiger partial charge in [0.05, 0.1) is 0 Å². The van der Waals surface area contributed by atoms with Crippen molar-refractivity contribution in [2.24, 2.45) is 0 Å². The van der Waals surface area contributed by atoms with E-state index in [-0.39, 0.29) is 5.91 Å². The van der Waals surface area contributed by atoms with E-state index in [1.807, 2.05) is 13.0 Å². The van der Waals surface area contributed by atoms with Crippen LogP contribution in [0.1, 0.15) is 24.5 Å². The molecule has 0 spiro atoms. The molecular weight excluding hydrogens is 264 g/mol. The van der Waals surface area contributed by atoms with Crippen molar-refractivity contribution in [2.45, 2.75) is 26.3 Å². The number of rotatable bonds is 3. The molecule has 0 aliphatic carbocycles. The SMILES string of the molecule is CCC(=O)Nc1ccc(N2CCc3ccccc3C2)nn1. The Bertz CT molecular complexity index is 639. The number of carbonyl (C=O) groups is 1. The minimum absolute atomic E-state index is 0.0519. The molecule has 5 nitrogen and oxygen atoms in total. The molecule has 1 aromatic carbocycles. The molecule has 1 amide bonds. The second-order valence-electron chi connectivity index (χ2n) is 5.12. The lowest BCUT2D eigenvalue weighted by Crippen LogP contribution is -2.31. The summed E-state index contributed by atoms with van der Waals surface area (Å²) in [6.07, 6.45) is 1.46. The minimum Gasteiger partial charge on any atom is -0.350 e. The number of anilines is 2. The van der Waals surface area contributed by atoms with E-state index in [0.29, 0.717) is 12.2 Å². The zero-order valence-electron chi connectivity index (χ0n) is 12.0. The summed E-state index contributed by atoms with van der Waals surface area (Å²) in [5.74, 6) is 1.30. The number of hydrogen-bond donors (Lipinski definition) is 1. The molecule has 1 N–H and O–H groups in total. The number of hydrogen-bond acceptors (Lipinski definition) is 4. The van der Waals surface area contributed by atoms with Crippen LogP contribution in [0.3, 0.4) is 0 Å². The maximum absolute atomic E-state index is 11.3. The molecule has 0 fully saturated rings. The molecule has 1 aliphatic heterocycles. The number of carbonyl (C=O) groups excluding carboxylic acids is 1. The third-order valence-corrected chi connectivity index (χ3v) is 3.69. The lowest BCUT2D eigenvalue weighted by Gasteiger charge is -2.29. The average Bonchev–Trinajstić information content (AvgIpc) is 2.55. The maximum atomic E-state index is 11.3. The van der Waals surface area contributed by atoms with Gasteiger partial charge in [0.25, 0.3) is 0 Å². The number of amides is 1. The second-order valence-corrected chi connectivity index (χ2v) is 5.12. The summed E-state index contributed by atoms with van der Waals surface area (Å²) in [6, 6.07) is 12.2. The first-order valence-corrected chi connectivity index (χ1v) is 7.21. The normalized spacial score (nSPS) is 13.7. The molecule has 1 aliphatic rings. The summed E-state index contributed by atoms with van der Waals surface area (Å²) in [7, 11) is 0. The van der Waals surface area contributed by atoms with Gasteiger partial charge in [-0.1, -0.05) is 31.2 Å². The minimum atomic E-state index is -0.0519. The first-order chi connectivity index (χ1) is 10.3. The number of nitrogens with one attached hydrogen (secondary N) is 1. The summed E-state index contributed by atoms with van der Waals surface area (Å²) in [4.78, 5) is 13.5. The van der Waals surface area contributed by atoms with Crippen molar-refractivity contribution in [2.75, 3.05) is 16.8 Å². The predicted molar refractivity (Wildman–Crippen MR) is 82.1 cm³/mol. The summed E-state index contributed by atoms with van der Waals surface area (Å²) in [5.41, 5.74) is 2.75. The molecule has 2 heterocycles. The van der Waals surface area contributed by atoms with Gasteiger partial charge in [0.15, 0.2) is 11.6 Å². The first-order valence-electron chi connectivity index (χ1n) is 7.21. The van der Waals surface area contributed by atoms with E-state index in [9.17, 15) is 4.79 Å². The van der Waals surface area contributed by atoms with E-state index in [0.717, 1.165) is 25.3 Å². The Kier molecular flexibility index (Phi) is 3.81. The number of benzene rings is 1. The molecule has 0 saturated heterocycles. The highest BCUT2D eigenvalue weighted by atomic mass is 16.1. The lowest BCUT2D eigenvalue weighted by atomic mass is 10.00. The van der Waals surface area contributed by atoms with Crippen LogP contribution in [-0.4, -0.2) is 22.6 Å². The monoisotopic (exact) mass is 282 g/mol. The van der Waals surface area contributed by atoms with E-state index in [1.54, 1.807) is 6.07 Å². The molecule has 108 valence electrons. The highest BCUT2D eigenvalue weighted by Gasteiger charge is 2.17. The van der Waals surface area contributed by atoms with Gasteiger partial charge in [-0.3, -0.25) is 4.79 Å². The Morgan fingerprint density at radius 3 is 2.71 bits per heavy atom. The quantitative estimate of drug-likeness (QED) is 0.939. The topological polar surface area (TPSA) is 58.1 Å². The zero-order chi connectivity index (χ0) is 14.7. The van der Waals surface area contributed by atoms with Crippen LogP contribution < -0.4 is 10.2 Å². The van der Waals surface area contributed by atoms with Gasteiger partial charge in [0.1, 0.15) is 0 Å². The third kappa shape index (κ3) is 3.02. The highest BCUT2D eigenvalue weighted by molar-refractivity contribution is 5.89. The van der Waals surface area contributed by atoms with Crippen LogP contribution in [0.15, 0.2) is 36.4 Å². The Balaban J connectivity index is 1.72. The van der Waals surface area contributed by atoms with E-state index in [4.69, 9.17) is 0 Å². The summed E-state index contributed by atoms with van der Waals surface area (Å²) >= 11 is 0. The maximum Gasteiger partial charge on any atom is 0.225 e. The molecular formula is C16H18N4O. The van der Waals surface area contributed by atoms with E-state index < -0.39 is 0 Å². The molecule has 0 saturated carbocycles. The zero-order valence-corrected chi connectivity index (χ0v) is 12.0. The van der Waals surface area contributed by atoms with Gasteiger partial charge in [0, 0.05) is 19.5 Å². The van der Waals surface area contributed by atoms with Crippen molar-refractivity contribution >= 4 is 17.5 Å². The molecule has 0 bridgehead atoms. The predicted octanol–water partition coefficient (Wildman–Crippen LogP) is 2.39. The van der Waals surface area contributed by atoms with Gasteiger partial charge in [-0.05, 0) is 29.7 Å². The van der Waals surface area contributed by atoms with E-state index in [2.05, 4.69) is 44.7 Å². The van der Waals surface area contributed by atoms with Crippen molar-refractivity contribution in [1.82, 2.24) is 10.2 Å². The van der Waals surface area contributed by atoms with Gasteiger partial charge < -0.3 is 10.2 Å². The van der Waals surface area contributed by atoms with Crippen LogP contribution in [0, 0.1) is 0 Å². The number of fused-ring (bicyclic) bond motifs is 1. The number of aromatic nitrogens is 2. The Hall–Kier alpha value is -2.43. The van der Waals surface area contributed by atoms with Gasteiger partial charge >= 0.3 is 0 Å². The molecule has 3 rings (SSSR count). The average molecular weight is 282 g/mol. The largest absolute Gasteiger partial charge is 0.350 e. The Morgan fingerprint density at radius 1 is 1.19 bits per heavy atom. The van der Waals surface area contributed by atoms with Gasteiger partial charge in [-0.15, -0.1) is 10.2 Å². The van der Waals surface area contributed by atoms with Crippen molar-refractivity contribution in [3.05, 3.63) is 47.5 Å². The van der Waals surface area contributed by atoms with Gasteiger partial charge in [-0.2, -0.15) is 0 Å². The van der Waals surface area contributed by atoms with Crippen molar-refractivity contribution in [1.29, 1.82) is 0 Å². The van der Waals surface area contributed by atoms with Gasteiger partial charge in [0.2, 0.25) is 5.91 Å². The Labute approximate surface area is 124 Å². The van der Waals surface area contributed by atoms with E-state index >= 15 is 0 Å². The molecule has 2 aromatic rings. The first kappa shape index (κ1) is 13.5. The smallest absolute Gasteiger partial charge is 0.225 e. The molecule has 5 heteroatoms. The van der Waals surface area contributed by atoms with Crippen LogP contribution >= 0.6 is 0 Å². The lowest BCUT2D eigenvalue weighted by molar-refractivity contribution is -0.115. The fourth-order valence-corrected chi connectivity index (χ4v) is 2.48. The van der Waals surface area contributed by atoms with Crippen LogP contribution in [0.25, 0.3) is 0 Å². The molecule has 0 radical (unpaired) electrons. The van der Waals surface area contributed by atoms with Crippen molar-refractivity contribution < 1.29 is 4.79 Å². The molecule has 0 atom stereocenters. The van der Waals surface area contributed by atoms with Gasteiger partial charge in [-0.25, -0.2) is 0 Å². The molecule has 1 aromatic heterocycles. The van der Waals surface area contributed by atoms with Crippen LogP contribution in [0.2, 0.25) is 0 Å². The van der Waals surface area contributed by atoms with Crippen LogP contribution in [-0.2, 0) is 17.8 Å². The van der Waals surface area contributed by atoms with Crippen molar-refractivity contribution in [3.63, 3.8) is 0 Å². The summed E-state index contributed by atoms with van der Waals surface area (Å²) < 4.78 is 0. The summed E-state index contributed by atoms with van der Waals surface area (Å²) in [6.45, 7) is 3.60. The van der Waals surface area contributed by atoms with Crippen molar-refractivity contribution in [3.8, 4) is 0 Å². The van der Waals surface area contributed by atoms with Crippen LogP contribution in [0.5, 0.6) is 0 Å². The second kappa shape index (κ2) is 5.91. The van der Waals surface area contributed by atoms with Crippen LogP contribution in [0.4, 0.5) is 11.6 Å². The highest BCUT2D eigenvalue weighted by Crippen LogP contribution is 2.22. The Morgan fingerprint density at radius 2 is 2.00 bits per heavy atom. The summed E-state index contributed by atoms with van der Waals surface area (Å²) in [5, 5.41) is 11.0. The number of nitrogens with zero attached hydrogens (tertiary/aromatic N) is 3. The van der Waals surface area contributed by atoms with E-state index in [1.165, 1.54) is 11.1 Å².